The van der Waals surface area contributed by atoms with Gasteiger partial charge in [0.25, 0.3) is 0 Å². The highest BCUT2D eigenvalue weighted by Crippen LogP contribution is 2.43. The highest BCUT2D eigenvalue weighted by molar-refractivity contribution is 5.80. The van der Waals surface area contributed by atoms with E-state index in [2.05, 4.69) is 27.8 Å². The lowest BCUT2D eigenvalue weighted by Gasteiger charge is -2.38. The maximum absolute atomic E-state index is 13.1. The number of ether oxygens (including phenoxy) is 1. The molecular formula is C18H25N3O2. The summed E-state index contributed by atoms with van der Waals surface area (Å²) in [6, 6.07) is 4.75. The smallest absolute Gasteiger partial charge is 0.227 e. The number of pyridine rings is 1. The number of hydrogen-bond donors (Lipinski definition) is 0. The highest BCUT2D eigenvalue weighted by Gasteiger charge is 2.44. The summed E-state index contributed by atoms with van der Waals surface area (Å²) in [5.74, 6) is 0.368. The number of nitrogens with zero attached hydrogens (tertiary/aromatic N) is 3. The van der Waals surface area contributed by atoms with Crippen LogP contribution in [0.5, 0.6) is 0 Å². The third-order valence-electron chi connectivity index (χ3n) is 5.53. The van der Waals surface area contributed by atoms with Crippen molar-refractivity contribution in [1.29, 1.82) is 0 Å². The van der Waals surface area contributed by atoms with E-state index in [4.69, 9.17) is 4.74 Å². The van der Waals surface area contributed by atoms with Crippen molar-refractivity contribution < 1.29 is 9.53 Å². The largest absolute Gasteiger partial charge is 0.379 e. The molecule has 4 heterocycles. The standard InChI is InChI=1S/C18H25N3O2/c1-13(12-20-7-9-23-10-8-20)18(22)21-14-4-5-17(21)15-3-2-6-19-16(15)11-14/h2-3,6,13-14,17H,4-5,7-12H2,1H3. The number of hydrogen-bond acceptors (Lipinski definition) is 4. The minimum Gasteiger partial charge on any atom is -0.379 e. The molecule has 4 rings (SSSR count). The number of carbonyl (C=O) groups is 1. The van der Waals surface area contributed by atoms with Crippen molar-refractivity contribution >= 4 is 5.91 Å². The van der Waals surface area contributed by atoms with Gasteiger partial charge in [-0.25, -0.2) is 0 Å². The zero-order valence-corrected chi connectivity index (χ0v) is 13.8. The molecule has 3 aliphatic rings. The Kier molecular flexibility index (Phi) is 4.07. The van der Waals surface area contributed by atoms with Crippen LogP contribution >= 0.6 is 0 Å². The second-order valence-electron chi connectivity index (χ2n) is 7.05. The van der Waals surface area contributed by atoms with E-state index in [1.54, 1.807) is 0 Å². The number of morpholine rings is 1. The second kappa shape index (κ2) is 6.21. The Balaban J connectivity index is 1.48. The Morgan fingerprint density at radius 1 is 1.39 bits per heavy atom. The molecule has 0 aliphatic carbocycles. The predicted octanol–water partition coefficient (Wildman–Crippen LogP) is 1.64. The van der Waals surface area contributed by atoms with Crippen LogP contribution in [0.25, 0.3) is 0 Å². The van der Waals surface area contributed by atoms with Crippen LogP contribution in [0, 0.1) is 5.92 Å². The van der Waals surface area contributed by atoms with E-state index >= 15 is 0 Å². The molecule has 124 valence electrons. The van der Waals surface area contributed by atoms with Gasteiger partial charge in [-0.3, -0.25) is 14.7 Å². The molecule has 0 N–H and O–H groups in total. The molecule has 23 heavy (non-hydrogen) atoms. The molecule has 2 saturated heterocycles. The average Bonchev–Trinajstić information content (AvgIpc) is 2.90. The third kappa shape index (κ3) is 2.76. The minimum atomic E-state index is 0.0504. The Labute approximate surface area is 137 Å². The van der Waals surface area contributed by atoms with Crippen molar-refractivity contribution in [2.75, 3.05) is 32.8 Å². The van der Waals surface area contributed by atoms with Crippen LogP contribution in [0.15, 0.2) is 18.3 Å². The molecule has 5 nitrogen and oxygen atoms in total. The van der Waals surface area contributed by atoms with E-state index in [0.29, 0.717) is 11.9 Å². The maximum atomic E-state index is 13.1. The van der Waals surface area contributed by atoms with E-state index in [9.17, 15) is 4.79 Å². The second-order valence-corrected chi connectivity index (χ2v) is 7.05. The first-order valence-electron chi connectivity index (χ1n) is 8.80. The van der Waals surface area contributed by atoms with Gasteiger partial charge in [-0.2, -0.15) is 0 Å². The first-order valence-corrected chi connectivity index (χ1v) is 8.80. The molecule has 1 aromatic rings. The van der Waals surface area contributed by atoms with E-state index in [-0.39, 0.29) is 12.0 Å². The number of carbonyl (C=O) groups excluding carboxylic acids is 1. The molecule has 1 amide bonds. The molecule has 2 fully saturated rings. The summed E-state index contributed by atoms with van der Waals surface area (Å²) >= 11 is 0. The monoisotopic (exact) mass is 315 g/mol. The molecular weight excluding hydrogens is 290 g/mol. The Morgan fingerprint density at radius 3 is 3.04 bits per heavy atom. The van der Waals surface area contributed by atoms with Crippen LogP contribution in [0.3, 0.4) is 0 Å². The van der Waals surface area contributed by atoms with Crippen molar-refractivity contribution in [3.05, 3.63) is 29.6 Å². The summed E-state index contributed by atoms with van der Waals surface area (Å²) < 4.78 is 5.40. The highest BCUT2D eigenvalue weighted by atomic mass is 16.5. The number of aromatic nitrogens is 1. The van der Waals surface area contributed by atoms with Gasteiger partial charge in [-0.15, -0.1) is 0 Å². The lowest BCUT2D eigenvalue weighted by atomic mass is 9.96. The van der Waals surface area contributed by atoms with E-state index in [1.165, 1.54) is 11.3 Å². The first-order chi connectivity index (χ1) is 11.2. The van der Waals surface area contributed by atoms with Gasteiger partial charge in [0.15, 0.2) is 0 Å². The molecule has 0 saturated carbocycles. The van der Waals surface area contributed by atoms with Crippen LogP contribution in [0.1, 0.15) is 37.1 Å². The third-order valence-corrected chi connectivity index (χ3v) is 5.53. The van der Waals surface area contributed by atoms with Gasteiger partial charge in [0, 0.05) is 49.9 Å². The molecule has 3 aliphatic heterocycles. The van der Waals surface area contributed by atoms with Crippen molar-refractivity contribution in [3.8, 4) is 0 Å². The molecule has 0 spiro atoms. The molecule has 3 atom stereocenters. The zero-order chi connectivity index (χ0) is 15.8. The van der Waals surface area contributed by atoms with Gasteiger partial charge in [0.2, 0.25) is 5.91 Å². The number of amides is 1. The van der Waals surface area contributed by atoms with Crippen molar-refractivity contribution in [1.82, 2.24) is 14.8 Å². The summed E-state index contributed by atoms with van der Waals surface area (Å²) in [5.41, 5.74) is 2.47. The predicted molar refractivity (Wildman–Crippen MR) is 87.0 cm³/mol. The van der Waals surface area contributed by atoms with Gasteiger partial charge in [-0.1, -0.05) is 13.0 Å². The Bertz CT molecular complexity index is 585. The Hall–Kier alpha value is -1.46. The van der Waals surface area contributed by atoms with Crippen LogP contribution in [0.2, 0.25) is 0 Å². The fourth-order valence-corrected chi connectivity index (χ4v) is 4.37. The van der Waals surface area contributed by atoms with Crippen LogP contribution in [0.4, 0.5) is 0 Å². The van der Waals surface area contributed by atoms with Crippen molar-refractivity contribution in [2.45, 2.75) is 38.3 Å². The molecule has 0 radical (unpaired) electrons. The Morgan fingerprint density at radius 2 is 2.22 bits per heavy atom. The topological polar surface area (TPSA) is 45.7 Å². The van der Waals surface area contributed by atoms with Gasteiger partial charge in [0.1, 0.15) is 0 Å². The quantitative estimate of drug-likeness (QED) is 0.851. The van der Waals surface area contributed by atoms with Crippen molar-refractivity contribution in [3.63, 3.8) is 0 Å². The lowest BCUT2D eigenvalue weighted by Crippen LogP contribution is -2.48. The minimum absolute atomic E-state index is 0.0504. The summed E-state index contributed by atoms with van der Waals surface area (Å²) in [4.78, 5) is 22.2. The zero-order valence-electron chi connectivity index (χ0n) is 13.8. The molecule has 2 bridgehead atoms. The van der Waals surface area contributed by atoms with Gasteiger partial charge >= 0.3 is 0 Å². The lowest BCUT2D eigenvalue weighted by molar-refractivity contribution is -0.139. The average molecular weight is 315 g/mol. The van der Waals surface area contributed by atoms with Crippen LogP contribution < -0.4 is 0 Å². The van der Waals surface area contributed by atoms with E-state index in [0.717, 1.165) is 52.1 Å². The van der Waals surface area contributed by atoms with E-state index < -0.39 is 0 Å². The summed E-state index contributed by atoms with van der Waals surface area (Å²) in [5, 5.41) is 0. The first kappa shape index (κ1) is 15.1. The number of fused-ring (bicyclic) bond motifs is 4. The fraction of sp³-hybridized carbons (Fsp3) is 0.667. The summed E-state index contributed by atoms with van der Waals surface area (Å²) in [7, 11) is 0. The normalized spacial score (nSPS) is 28.5. The molecule has 1 aromatic heterocycles. The van der Waals surface area contributed by atoms with Gasteiger partial charge < -0.3 is 9.64 Å². The maximum Gasteiger partial charge on any atom is 0.227 e. The summed E-state index contributed by atoms with van der Waals surface area (Å²) in [6.45, 7) is 6.38. The van der Waals surface area contributed by atoms with Gasteiger partial charge in [0.05, 0.1) is 19.3 Å². The molecule has 5 heteroatoms. The van der Waals surface area contributed by atoms with Crippen LogP contribution in [-0.2, 0) is 16.0 Å². The van der Waals surface area contributed by atoms with Gasteiger partial charge in [-0.05, 0) is 24.5 Å². The SMILES string of the molecule is CC(CN1CCOCC1)C(=O)N1C2CCC1c1cccnc1C2. The molecule has 0 aromatic carbocycles. The van der Waals surface area contributed by atoms with Crippen LogP contribution in [-0.4, -0.2) is 59.6 Å². The van der Waals surface area contributed by atoms with Crippen molar-refractivity contribution in [2.24, 2.45) is 5.92 Å². The fourth-order valence-electron chi connectivity index (χ4n) is 4.37. The number of rotatable bonds is 3. The molecule has 3 unspecified atom stereocenters. The van der Waals surface area contributed by atoms with E-state index in [1.807, 2.05) is 12.3 Å². The summed E-state index contributed by atoms with van der Waals surface area (Å²) in [6.07, 6.45) is 4.98.